The quantitative estimate of drug-likeness (QED) is 0.810. The Balaban J connectivity index is 1.21. The van der Waals surface area contributed by atoms with Crippen LogP contribution < -0.4 is 0 Å². The lowest BCUT2D eigenvalue weighted by Gasteiger charge is -2.18. The van der Waals surface area contributed by atoms with Crippen molar-refractivity contribution in [1.82, 2.24) is 9.80 Å². The number of likely N-dealkylation sites (tertiary alicyclic amines) is 2. The van der Waals surface area contributed by atoms with Gasteiger partial charge in [-0.25, -0.2) is 0 Å². The third kappa shape index (κ3) is 3.22. The summed E-state index contributed by atoms with van der Waals surface area (Å²) in [6.07, 6.45) is 9.72. The average Bonchev–Trinajstić information content (AvgIpc) is 3.06. The van der Waals surface area contributed by atoms with Crippen LogP contribution in [0, 0.1) is 17.8 Å². The SMILES string of the molecule is O=C(C1CC1)N1C[C@H]2CC=C(c3ccc(CCN4CCCC4)cc3)[C@H]2C1. The minimum Gasteiger partial charge on any atom is -0.342 e. The van der Waals surface area contributed by atoms with Crippen molar-refractivity contribution in [3.8, 4) is 0 Å². The first-order chi connectivity index (χ1) is 12.8. The van der Waals surface area contributed by atoms with Crippen molar-refractivity contribution in [3.05, 3.63) is 41.5 Å². The van der Waals surface area contributed by atoms with Gasteiger partial charge in [0, 0.05) is 31.5 Å². The van der Waals surface area contributed by atoms with Gasteiger partial charge in [-0.15, -0.1) is 0 Å². The second-order valence-electron chi connectivity index (χ2n) is 8.77. The summed E-state index contributed by atoms with van der Waals surface area (Å²) < 4.78 is 0. The molecule has 3 fully saturated rings. The topological polar surface area (TPSA) is 23.6 Å². The van der Waals surface area contributed by atoms with Gasteiger partial charge in [0.2, 0.25) is 5.91 Å². The van der Waals surface area contributed by atoms with Crippen LogP contribution in [0.3, 0.4) is 0 Å². The number of rotatable bonds is 5. The fourth-order valence-corrected chi connectivity index (χ4v) is 5.15. The Hall–Kier alpha value is -1.61. The summed E-state index contributed by atoms with van der Waals surface area (Å²) in [5, 5.41) is 0. The molecule has 3 heteroatoms. The van der Waals surface area contributed by atoms with Gasteiger partial charge in [-0.3, -0.25) is 4.79 Å². The molecular formula is C23H30N2O. The molecule has 3 nitrogen and oxygen atoms in total. The molecule has 2 atom stereocenters. The minimum atomic E-state index is 0.358. The molecule has 2 aliphatic heterocycles. The van der Waals surface area contributed by atoms with Gasteiger partial charge < -0.3 is 9.80 Å². The van der Waals surface area contributed by atoms with Crippen molar-refractivity contribution in [3.63, 3.8) is 0 Å². The monoisotopic (exact) mass is 350 g/mol. The van der Waals surface area contributed by atoms with Crippen LogP contribution in [-0.4, -0.2) is 48.4 Å². The predicted octanol–water partition coefficient (Wildman–Crippen LogP) is 3.60. The highest BCUT2D eigenvalue weighted by Crippen LogP contribution is 2.44. The van der Waals surface area contributed by atoms with Crippen molar-refractivity contribution in [2.75, 3.05) is 32.7 Å². The number of hydrogen-bond acceptors (Lipinski definition) is 2. The van der Waals surface area contributed by atoms with E-state index in [2.05, 4.69) is 40.1 Å². The van der Waals surface area contributed by atoms with Crippen LogP contribution >= 0.6 is 0 Å². The van der Waals surface area contributed by atoms with Crippen LogP contribution in [-0.2, 0) is 11.2 Å². The van der Waals surface area contributed by atoms with Crippen molar-refractivity contribution in [2.24, 2.45) is 17.8 Å². The molecule has 1 amide bonds. The summed E-state index contributed by atoms with van der Waals surface area (Å²) in [7, 11) is 0. The Morgan fingerprint density at radius 2 is 1.81 bits per heavy atom. The fourth-order valence-electron chi connectivity index (χ4n) is 5.15. The molecule has 1 aromatic carbocycles. The third-order valence-corrected chi connectivity index (χ3v) is 6.92. The van der Waals surface area contributed by atoms with E-state index in [9.17, 15) is 4.79 Å². The van der Waals surface area contributed by atoms with E-state index in [-0.39, 0.29) is 0 Å². The van der Waals surface area contributed by atoms with Gasteiger partial charge in [0.25, 0.3) is 0 Å². The van der Waals surface area contributed by atoms with Crippen molar-refractivity contribution in [2.45, 2.75) is 38.5 Å². The normalized spacial score (nSPS) is 28.5. The Labute approximate surface area is 157 Å². The number of carbonyl (C=O) groups excluding carboxylic acids is 1. The van der Waals surface area contributed by atoms with E-state index in [1.165, 1.54) is 49.2 Å². The molecule has 2 saturated heterocycles. The molecule has 1 saturated carbocycles. The molecule has 0 unspecified atom stereocenters. The number of allylic oxidation sites excluding steroid dienone is 1. The van der Waals surface area contributed by atoms with E-state index in [4.69, 9.17) is 0 Å². The van der Waals surface area contributed by atoms with E-state index in [0.717, 1.165) is 38.8 Å². The highest BCUT2D eigenvalue weighted by molar-refractivity contribution is 5.82. The first-order valence-corrected chi connectivity index (χ1v) is 10.6. The maximum atomic E-state index is 12.4. The summed E-state index contributed by atoms with van der Waals surface area (Å²) >= 11 is 0. The molecule has 0 radical (unpaired) electrons. The second-order valence-corrected chi connectivity index (χ2v) is 8.77. The maximum absolute atomic E-state index is 12.4. The van der Waals surface area contributed by atoms with Gasteiger partial charge in [-0.1, -0.05) is 30.3 Å². The zero-order valence-electron chi connectivity index (χ0n) is 15.7. The molecule has 1 aromatic rings. The van der Waals surface area contributed by atoms with Crippen LogP contribution in [0.4, 0.5) is 0 Å². The lowest BCUT2D eigenvalue weighted by atomic mass is 9.90. The van der Waals surface area contributed by atoms with Crippen LogP contribution in [0.1, 0.15) is 43.2 Å². The van der Waals surface area contributed by atoms with Gasteiger partial charge in [-0.2, -0.15) is 0 Å². The Kier molecular flexibility index (Phi) is 4.36. The number of nitrogens with zero attached hydrogens (tertiary/aromatic N) is 2. The first-order valence-electron chi connectivity index (χ1n) is 10.6. The largest absolute Gasteiger partial charge is 0.342 e. The van der Waals surface area contributed by atoms with Crippen molar-refractivity contribution in [1.29, 1.82) is 0 Å². The van der Waals surface area contributed by atoms with Gasteiger partial charge in [0.15, 0.2) is 0 Å². The smallest absolute Gasteiger partial charge is 0.225 e. The summed E-state index contributed by atoms with van der Waals surface area (Å²) in [6.45, 7) is 5.69. The molecule has 26 heavy (non-hydrogen) atoms. The van der Waals surface area contributed by atoms with E-state index < -0.39 is 0 Å². The van der Waals surface area contributed by atoms with E-state index >= 15 is 0 Å². The summed E-state index contributed by atoms with van der Waals surface area (Å²) in [4.78, 5) is 17.2. The lowest BCUT2D eigenvalue weighted by Crippen LogP contribution is -2.30. The zero-order chi connectivity index (χ0) is 17.5. The Bertz CT molecular complexity index is 697. The summed E-state index contributed by atoms with van der Waals surface area (Å²) in [5.74, 6) is 2.00. The number of carbonyl (C=O) groups is 1. The molecule has 138 valence electrons. The maximum Gasteiger partial charge on any atom is 0.225 e. The highest BCUT2D eigenvalue weighted by Gasteiger charge is 2.43. The highest BCUT2D eigenvalue weighted by atomic mass is 16.2. The molecule has 2 aliphatic carbocycles. The second kappa shape index (κ2) is 6.84. The first kappa shape index (κ1) is 16.6. The molecule has 5 rings (SSSR count). The zero-order valence-corrected chi connectivity index (χ0v) is 15.7. The summed E-state index contributed by atoms with van der Waals surface area (Å²) in [6, 6.07) is 9.28. The van der Waals surface area contributed by atoms with Gasteiger partial charge in [0.1, 0.15) is 0 Å². The van der Waals surface area contributed by atoms with Crippen LogP contribution in [0.2, 0.25) is 0 Å². The molecular weight excluding hydrogens is 320 g/mol. The van der Waals surface area contributed by atoms with Crippen molar-refractivity contribution >= 4 is 11.5 Å². The molecule has 0 bridgehead atoms. The molecule has 0 N–H and O–H groups in total. The lowest BCUT2D eigenvalue weighted by molar-refractivity contribution is -0.131. The number of amides is 1. The Morgan fingerprint density at radius 3 is 2.54 bits per heavy atom. The van der Waals surface area contributed by atoms with Gasteiger partial charge in [0.05, 0.1) is 0 Å². The van der Waals surface area contributed by atoms with Crippen molar-refractivity contribution < 1.29 is 4.79 Å². The number of fused-ring (bicyclic) bond motifs is 1. The standard InChI is InChI=1S/C23H30N2O/c26-23(19-7-8-19)25-15-20-9-10-21(22(20)16-25)18-5-3-17(4-6-18)11-14-24-12-1-2-13-24/h3-6,10,19-20,22H,1-2,7-9,11-16H2/t20-,22+/m1/s1. The summed E-state index contributed by atoms with van der Waals surface area (Å²) in [5.41, 5.74) is 4.32. The number of benzene rings is 1. The minimum absolute atomic E-state index is 0.358. The van der Waals surface area contributed by atoms with Crippen LogP contribution in [0.25, 0.3) is 5.57 Å². The Morgan fingerprint density at radius 1 is 1.04 bits per heavy atom. The van der Waals surface area contributed by atoms with E-state index in [1.54, 1.807) is 0 Å². The van der Waals surface area contributed by atoms with Crippen LogP contribution in [0.5, 0.6) is 0 Å². The molecule has 4 aliphatic rings. The van der Waals surface area contributed by atoms with Gasteiger partial charge >= 0.3 is 0 Å². The molecule has 0 spiro atoms. The van der Waals surface area contributed by atoms with Gasteiger partial charge in [-0.05, 0) is 74.2 Å². The fraction of sp³-hybridized carbons (Fsp3) is 0.609. The third-order valence-electron chi connectivity index (χ3n) is 6.92. The number of hydrogen-bond donors (Lipinski definition) is 0. The van der Waals surface area contributed by atoms with Crippen LogP contribution in [0.15, 0.2) is 30.3 Å². The predicted molar refractivity (Wildman–Crippen MR) is 105 cm³/mol. The molecule has 0 aromatic heterocycles. The average molecular weight is 351 g/mol. The molecule has 2 heterocycles. The van der Waals surface area contributed by atoms with E-state index in [1.807, 2.05) is 0 Å². The van der Waals surface area contributed by atoms with E-state index in [0.29, 0.717) is 23.7 Å².